The van der Waals surface area contributed by atoms with Gasteiger partial charge in [0.1, 0.15) is 4.90 Å². The maximum atomic E-state index is 11.0. The number of nitrogens with zero attached hydrogens (tertiary/aromatic N) is 1. The van der Waals surface area contributed by atoms with Crippen LogP contribution in [0.2, 0.25) is 0 Å². The molecule has 1 aromatic rings. The summed E-state index contributed by atoms with van der Waals surface area (Å²) in [5, 5.41) is 5.69. The molecule has 0 spiro atoms. The zero-order valence-corrected chi connectivity index (χ0v) is 6.63. The Bertz CT molecular complexity index is 367. The fourth-order valence-electron chi connectivity index (χ4n) is 0.577. The van der Waals surface area contributed by atoms with Gasteiger partial charge in [0.25, 0.3) is 10.0 Å². The minimum absolute atomic E-state index is 0.138. The van der Waals surface area contributed by atoms with Gasteiger partial charge in [0.2, 0.25) is 0 Å². The summed E-state index contributed by atoms with van der Waals surface area (Å²) in [7, 11) is -3.83. The second-order valence-electron chi connectivity index (χ2n) is 1.90. The second kappa shape index (κ2) is 2.81. The highest BCUT2D eigenvalue weighted by Gasteiger charge is 2.16. The molecule has 4 N–H and O–H groups in total. The fraction of sp³-hybridized carbons (Fsp3) is 0. The first-order valence-electron chi connectivity index (χ1n) is 2.83. The van der Waals surface area contributed by atoms with E-state index in [9.17, 15) is 13.2 Å². The number of primary amides is 1. The van der Waals surface area contributed by atoms with Crippen molar-refractivity contribution in [2.24, 2.45) is 5.73 Å². The van der Waals surface area contributed by atoms with E-state index in [0.29, 0.717) is 0 Å². The molecule has 1 rings (SSSR count). The molecule has 0 fully saturated rings. The number of hydrogen-bond acceptors (Lipinski definition) is 4. The summed E-state index contributed by atoms with van der Waals surface area (Å²) in [6.45, 7) is 0. The van der Waals surface area contributed by atoms with Crippen LogP contribution in [0.4, 0.5) is 4.79 Å². The number of amides is 2. The van der Waals surface area contributed by atoms with Crippen molar-refractivity contribution < 1.29 is 13.2 Å². The average Bonchev–Trinajstić information content (AvgIpc) is 2.32. The van der Waals surface area contributed by atoms with E-state index in [4.69, 9.17) is 0 Å². The zero-order chi connectivity index (χ0) is 9.19. The smallest absolute Gasteiger partial charge is 0.326 e. The lowest BCUT2D eigenvalue weighted by molar-refractivity contribution is 0.253. The van der Waals surface area contributed by atoms with Gasteiger partial charge in [-0.2, -0.15) is 5.10 Å². The quantitative estimate of drug-likeness (QED) is 0.540. The van der Waals surface area contributed by atoms with Crippen LogP contribution in [0.5, 0.6) is 0 Å². The standard InChI is InChI=1S/C4H6N4O3S/c5-4(9)8-12(10,11)3-1-6-7-2-3/h1-2H,(H,6,7)(H3,5,8,9). The van der Waals surface area contributed by atoms with Gasteiger partial charge < -0.3 is 5.73 Å². The Balaban J connectivity index is 2.96. The van der Waals surface area contributed by atoms with E-state index in [1.807, 2.05) is 0 Å². The van der Waals surface area contributed by atoms with E-state index in [1.54, 1.807) is 4.72 Å². The highest BCUT2D eigenvalue weighted by atomic mass is 32.2. The molecule has 0 aromatic carbocycles. The van der Waals surface area contributed by atoms with Crippen molar-refractivity contribution in [1.82, 2.24) is 14.9 Å². The maximum Gasteiger partial charge on any atom is 0.326 e. The number of urea groups is 1. The van der Waals surface area contributed by atoms with Crippen LogP contribution in [0, 0.1) is 0 Å². The molecular weight excluding hydrogens is 184 g/mol. The molecule has 8 heteroatoms. The van der Waals surface area contributed by atoms with Crippen molar-refractivity contribution in [3.8, 4) is 0 Å². The molecule has 2 amide bonds. The summed E-state index contributed by atoms with van der Waals surface area (Å²) in [5.74, 6) is 0. The third kappa shape index (κ3) is 1.72. The van der Waals surface area contributed by atoms with Gasteiger partial charge in [-0.3, -0.25) is 5.10 Å². The molecule has 0 aliphatic rings. The number of aromatic nitrogens is 2. The SMILES string of the molecule is NC(=O)NS(=O)(=O)c1cn[nH]c1. The number of hydrogen-bond donors (Lipinski definition) is 3. The lowest BCUT2D eigenvalue weighted by Gasteiger charge is -1.98. The van der Waals surface area contributed by atoms with Gasteiger partial charge in [-0.05, 0) is 0 Å². The predicted molar refractivity (Wildman–Crippen MR) is 38.5 cm³/mol. The van der Waals surface area contributed by atoms with Crippen molar-refractivity contribution in [1.29, 1.82) is 0 Å². The number of nitrogens with two attached hydrogens (primary N) is 1. The summed E-state index contributed by atoms with van der Waals surface area (Å²) in [5.41, 5.74) is 4.62. The number of carbonyl (C=O) groups is 1. The van der Waals surface area contributed by atoms with Crippen molar-refractivity contribution in [3.63, 3.8) is 0 Å². The van der Waals surface area contributed by atoms with Crippen molar-refractivity contribution in [3.05, 3.63) is 12.4 Å². The van der Waals surface area contributed by atoms with Crippen LogP contribution in [0.15, 0.2) is 17.3 Å². The first-order valence-corrected chi connectivity index (χ1v) is 4.32. The third-order valence-corrected chi connectivity index (χ3v) is 2.33. The Morgan fingerprint density at radius 3 is 2.75 bits per heavy atom. The van der Waals surface area contributed by atoms with E-state index in [2.05, 4.69) is 15.9 Å². The van der Waals surface area contributed by atoms with Crippen LogP contribution in [0.3, 0.4) is 0 Å². The number of carbonyl (C=O) groups excluding carboxylic acids is 1. The van der Waals surface area contributed by atoms with Crippen LogP contribution >= 0.6 is 0 Å². The van der Waals surface area contributed by atoms with Crippen LogP contribution in [0.25, 0.3) is 0 Å². The van der Waals surface area contributed by atoms with Crippen LogP contribution < -0.4 is 10.5 Å². The monoisotopic (exact) mass is 190 g/mol. The Kier molecular flexibility index (Phi) is 2.00. The number of aromatic amines is 1. The molecule has 0 unspecified atom stereocenters. The highest BCUT2D eigenvalue weighted by molar-refractivity contribution is 7.90. The van der Waals surface area contributed by atoms with Crippen LogP contribution in [-0.2, 0) is 10.0 Å². The minimum atomic E-state index is -3.83. The summed E-state index contributed by atoms with van der Waals surface area (Å²) >= 11 is 0. The molecule has 66 valence electrons. The molecule has 0 radical (unpaired) electrons. The molecule has 0 aliphatic carbocycles. The van der Waals surface area contributed by atoms with Gasteiger partial charge in [-0.25, -0.2) is 17.9 Å². The van der Waals surface area contributed by atoms with E-state index < -0.39 is 16.1 Å². The molecule has 0 saturated carbocycles. The largest absolute Gasteiger partial charge is 0.351 e. The molecule has 1 heterocycles. The lowest BCUT2D eigenvalue weighted by atomic mass is 10.7. The summed E-state index contributed by atoms with van der Waals surface area (Å²) in [4.78, 5) is 10.1. The van der Waals surface area contributed by atoms with Gasteiger partial charge in [0.05, 0.1) is 6.20 Å². The normalized spacial score (nSPS) is 11.0. The zero-order valence-electron chi connectivity index (χ0n) is 5.81. The molecule has 1 aromatic heterocycles. The Morgan fingerprint density at radius 2 is 2.33 bits per heavy atom. The average molecular weight is 190 g/mol. The molecule has 0 atom stereocenters. The van der Waals surface area contributed by atoms with Gasteiger partial charge in [-0.1, -0.05) is 0 Å². The number of rotatable bonds is 2. The Labute approximate surface area is 68.0 Å². The first kappa shape index (κ1) is 8.53. The molecule has 0 aliphatic heterocycles. The Morgan fingerprint density at radius 1 is 1.67 bits per heavy atom. The van der Waals surface area contributed by atoms with E-state index >= 15 is 0 Å². The van der Waals surface area contributed by atoms with Crippen LogP contribution in [0.1, 0.15) is 0 Å². The number of nitrogens with one attached hydrogen (secondary N) is 2. The molecule has 12 heavy (non-hydrogen) atoms. The first-order chi connectivity index (χ1) is 5.52. The number of H-pyrrole nitrogens is 1. The highest BCUT2D eigenvalue weighted by Crippen LogP contribution is 2.02. The van der Waals surface area contributed by atoms with E-state index in [0.717, 1.165) is 12.4 Å². The molecule has 7 nitrogen and oxygen atoms in total. The van der Waals surface area contributed by atoms with Crippen molar-refractivity contribution in [2.75, 3.05) is 0 Å². The summed E-state index contributed by atoms with van der Waals surface area (Å²) < 4.78 is 23.6. The van der Waals surface area contributed by atoms with Gasteiger partial charge in [0.15, 0.2) is 0 Å². The van der Waals surface area contributed by atoms with Gasteiger partial charge >= 0.3 is 6.03 Å². The summed E-state index contributed by atoms with van der Waals surface area (Å²) in [6.07, 6.45) is 2.19. The fourth-order valence-corrected chi connectivity index (χ4v) is 1.36. The van der Waals surface area contributed by atoms with E-state index in [-0.39, 0.29) is 4.90 Å². The predicted octanol–water partition coefficient (Wildman–Crippen LogP) is -1.23. The van der Waals surface area contributed by atoms with Crippen molar-refractivity contribution in [2.45, 2.75) is 4.90 Å². The van der Waals surface area contributed by atoms with Gasteiger partial charge in [0, 0.05) is 6.20 Å². The van der Waals surface area contributed by atoms with E-state index in [1.165, 1.54) is 0 Å². The molecular formula is C4H6N4O3S. The summed E-state index contributed by atoms with van der Waals surface area (Å²) in [6, 6.07) is -1.13. The maximum absolute atomic E-state index is 11.0. The number of sulfonamides is 1. The third-order valence-electron chi connectivity index (χ3n) is 1.02. The van der Waals surface area contributed by atoms with Crippen LogP contribution in [-0.4, -0.2) is 24.6 Å². The Hall–Kier alpha value is -1.57. The topological polar surface area (TPSA) is 118 Å². The lowest BCUT2D eigenvalue weighted by Crippen LogP contribution is -2.34. The molecule has 0 saturated heterocycles. The van der Waals surface area contributed by atoms with Gasteiger partial charge in [-0.15, -0.1) is 0 Å². The molecule has 0 bridgehead atoms. The minimum Gasteiger partial charge on any atom is -0.351 e. The van der Waals surface area contributed by atoms with Crippen molar-refractivity contribution >= 4 is 16.1 Å². The second-order valence-corrected chi connectivity index (χ2v) is 3.59.